The van der Waals surface area contributed by atoms with Gasteiger partial charge in [0.05, 0.1) is 11.5 Å². The van der Waals surface area contributed by atoms with Crippen LogP contribution in [0, 0.1) is 0 Å². The number of sulfonamides is 1. The van der Waals surface area contributed by atoms with Crippen LogP contribution in [-0.4, -0.2) is 15.0 Å². The summed E-state index contributed by atoms with van der Waals surface area (Å²) >= 11 is 0. The van der Waals surface area contributed by atoms with Crippen LogP contribution in [0.4, 0.5) is 5.69 Å². The zero-order valence-corrected chi connectivity index (χ0v) is 13.0. The number of hydrogen-bond acceptors (Lipinski definition) is 3. The number of ether oxygens (including phenoxy) is 1. The molecule has 0 heterocycles. The Kier molecular flexibility index (Phi) is 4.85. The third-order valence-electron chi connectivity index (χ3n) is 3.06. The highest BCUT2D eigenvalue weighted by molar-refractivity contribution is 7.92. The molecule has 21 heavy (non-hydrogen) atoms. The molecule has 0 saturated carbocycles. The maximum atomic E-state index is 12.3. The highest BCUT2D eigenvalue weighted by Gasteiger charge is 2.13. The number of nitrogens with one attached hydrogen (secondary N) is 1. The second kappa shape index (κ2) is 6.63. The van der Waals surface area contributed by atoms with Gasteiger partial charge in [0.2, 0.25) is 0 Å². The Balaban J connectivity index is 2.16. The second-order valence-corrected chi connectivity index (χ2v) is 6.24. The van der Waals surface area contributed by atoms with E-state index in [0.717, 1.165) is 12.0 Å². The van der Waals surface area contributed by atoms with Gasteiger partial charge < -0.3 is 4.74 Å². The molecule has 2 aromatic carbocycles. The molecule has 2 aromatic rings. The van der Waals surface area contributed by atoms with E-state index in [1.54, 1.807) is 36.4 Å². The highest BCUT2D eigenvalue weighted by Crippen LogP contribution is 2.20. The van der Waals surface area contributed by atoms with Crippen LogP contribution in [0.25, 0.3) is 0 Å². The first-order valence-electron chi connectivity index (χ1n) is 6.89. The van der Waals surface area contributed by atoms with Gasteiger partial charge in [0.15, 0.2) is 0 Å². The lowest BCUT2D eigenvalue weighted by atomic mass is 10.2. The zero-order valence-electron chi connectivity index (χ0n) is 12.2. The molecule has 0 fully saturated rings. The van der Waals surface area contributed by atoms with Crippen LogP contribution in [0.1, 0.15) is 19.4 Å². The predicted molar refractivity (Wildman–Crippen MR) is 84.2 cm³/mol. The minimum Gasteiger partial charge on any atom is -0.494 e. The quantitative estimate of drug-likeness (QED) is 0.889. The molecular formula is C16H19NO3S. The Morgan fingerprint density at radius 3 is 2.10 bits per heavy atom. The second-order valence-electron chi connectivity index (χ2n) is 4.56. The van der Waals surface area contributed by atoms with E-state index < -0.39 is 10.0 Å². The van der Waals surface area contributed by atoms with Gasteiger partial charge in [-0.15, -0.1) is 0 Å². The molecule has 5 heteroatoms. The summed E-state index contributed by atoms with van der Waals surface area (Å²) in [5.41, 5.74) is 1.62. The summed E-state index contributed by atoms with van der Waals surface area (Å²) in [6.07, 6.45) is 0.882. The molecule has 0 saturated heterocycles. The highest BCUT2D eigenvalue weighted by atomic mass is 32.2. The lowest BCUT2D eigenvalue weighted by Crippen LogP contribution is -2.12. The van der Waals surface area contributed by atoms with E-state index in [0.29, 0.717) is 18.0 Å². The molecule has 0 spiro atoms. The summed E-state index contributed by atoms with van der Waals surface area (Å²) in [6.45, 7) is 4.51. The molecule has 0 aliphatic rings. The predicted octanol–water partition coefficient (Wildman–Crippen LogP) is 3.45. The number of rotatable bonds is 6. The van der Waals surface area contributed by atoms with Gasteiger partial charge in [0, 0.05) is 5.69 Å². The SMILES string of the molecule is CCOc1ccc(NS(=O)(=O)c2ccc(CC)cc2)cc1. The molecular weight excluding hydrogens is 286 g/mol. The van der Waals surface area contributed by atoms with Gasteiger partial charge in [-0.05, 0) is 55.3 Å². The summed E-state index contributed by atoms with van der Waals surface area (Å²) < 4.78 is 32.4. The molecule has 0 aliphatic heterocycles. The van der Waals surface area contributed by atoms with Gasteiger partial charge in [-0.2, -0.15) is 0 Å². The molecule has 4 nitrogen and oxygen atoms in total. The fourth-order valence-corrected chi connectivity index (χ4v) is 2.96. The average Bonchev–Trinajstić information content (AvgIpc) is 2.49. The fraction of sp³-hybridized carbons (Fsp3) is 0.250. The summed E-state index contributed by atoms with van der Waals surface area (Å²) in [5, 5.41) is 0. The van der Waals surface area contributed by atoms with Crippen molar-refractivity contribution in [3.63, 3.8) is 0 Å². The van der Waals surface area contributed by atoms with Gasteiger partial charge in [0.25, 0.3) is 10.0 Å². The van der Waals surface area contributed by atoms with Gasteiger partial charge >= 0.3 is 0 Å². The van der Waals surface area contributed by atoms with E-state index in [1.165, 1.54) is 0 Å². The lowest BCUT2D eigenvalue weighted by molar-refractivity contribution is 0.340. The summed E-state index contributed by atoms with van der Waals surface area (Å²) in [6, 6.07) is 13.7. The molecule has 0 radical (unpaired) electrons. The lowest BCUT2D eigenvalue weighted by Gasteiger charge is -2.09. The monoisotopic (exact) mass is 305 g/mol. The molecule has 0 atom stereocenters. The van der Waals surface area contributed by atoms with Crippen molar-refractivity contribution < 1.29 is 13.2 Å². The van der Waals surface area contributed by atoms with Crippen molar-refractivity contribution in [3.8, 4) is 5.75 Å². The van der Waals surface area contributed by atoms with E-state index in [9.17, 15) is 8.42 Å². The smallest absolute Gasteiger partial charge is 0.261 e. The molecule has 0 unspecified atom stereocenters. The molecule has 0 bridgehead atoms. The number of hydrogen-bond donors (Lipinski definition) is 1. The van der Waals surface area contributed by atoms with Crippen molar-refractivity contribution in [1.82, 2.24) is 0 Å². The van der Waals surface area contributed by atoms with Crippen LogP contribution < -0.4 is 9.46 Å². The normalized spacial score (nSPS) is 11.1. The number of aryl methyl sites for hydroxylation is 1. The molecule has 0 aliphatic carbocycles. The van der Waals surface area contributed by atoms with Gasteiger partial charge in [-0.1, -0.05) is 19.1 Å². The fourth-order valence-electron chi connectivity index (χ4n) is 1.90. The molecule has 1 N–H and O–H groups in total. The minimum absolute atomic E-state index is 0.258. The van der Waals surface area contributed by atoms with Gasteiger partial charge in [0.1, 0.15) is 5.75 Å². The number of anilines is 1. The summed E-state index contributed by atoms with van der Waals surface area (Å²) in [4.78, 5) is 0.258. The third kappa shape index (κ3) is 3.98. The van der Waals surface area contributed by atoms with Crippen LogP contribution >= 0.6 is 0 Å². The van der Waals surface area contributed by atoms with E-state index in [1.807, 2.05) is 26.0 Å². The van der Waals surface area contributed by atoms with E-state index in [4.69, 9.17) is 4.74 Å². The first kappa shape index (κ1) is 15.4. The van der Waals surface area contributed by atoms with Crippen LogP contribution in [0.3, 0.4) is 0 Å². The summed E-state index contributed by atoms with van der Waals surface area (Å²) in [7, 11) is -3.55. The first-order chi connectivity index (χ1) is 10.0. The van der Waals surface area contributed by atoms with E-state index in [2.05, 4.69) is 4.72 Å². The van der Waals surface area contributed by atoms with Crippen molar-refractivity contribution in [3.05, 3.63) is 54.1 Å². The Bertz CT molecular complexity index is 676. The van der Waals surface area contributed by atoms with Crippen molar-refractivity contribution in [2.45, 2.75) is 25.2 Å². The average molecular weight is 305 g/mol. The minimum atomic E-state index is -3.55. The Labute approximate surface area is 125 Å². The van der Waals surface area contributed by atoms with Crippen LogP contribution in [-0.2, 0) is 16.4 Å². The van der Waals surface area contributed by atoms with E-state index >= 15 is 0 Å². The Hall–Kier alpha value is -2.01. The molecule has 0 amide bonds. The molecule has 112 valence electrons. The van der Waals surface area contributed by atoms with Crippen molar-refractivity contribution in [2.75, 3.05) is 11.3 Å². The molecule has 2 rings (SSSR count). The van der Waals surface area contributed by atoms with Crippen molar-refractivity contribution >= 4 is 15.7 Å². The van der Waals surface area contributed by atoms with Crippen molar-refractivity contribution in [1.29, 1.82) is 0 Å². The standard InChI is InChI=1S/C16H19NO3S/c1-3-13-5-11-16(12-6-13)21(18,19)17-14-7-9-15(10-8-14)20-4-2/h5-12,17H,3-4H2,1-2H3. The largest absolute Gasteiger partial charge is 0.494 e. The maximum Gasteiger partial charge on any atom is 0.261 e. The van der Waals surface area contributed by atoms with Crippen LogP contribution in [0.15, 0.2) is 53.4 Å². The third-order valence-corrected chi connectivity index (χ3v) is 4.46. The van der Waals surface area contributed by atoms with Gasteiger partial charge in [-0.25, -0.2) is 8.42 Å². The first-order valence-corrected chi connectivity index (χ1v) is 8.38. The van der Waals surface area contributed by atoms with Crippen LogP contribution in [0.2, 0.25) is 0 Å². The zero-order chi connectivity index (χ0) is 15.3. The van der Waals surface area contributed by atoms with E-state index in [-0.39, 0.29) is 4.90 Å². The maximum absolute atomic E-state index is 12.3. The molecule has 0 aromatic heterocycles. The number of benzene rings is 2. The van der Waals surface area contributed by atoms with Gasteiger partial charge in [-0.3, -0.25) is 4.72 Å². The Morgan fingerprint density at radius 1 is 0.952 bits per heavy atom. The summed E-state index contributed by atoms with van der Waals surface area (Å²) in [5.74, 6) is 0.716. The topological polar surface area (TPSA) is 55.4 Å². The Morgan fingerprint density at radius 2 is 1.57 bits per heavy atom. The van der Waals surface area contributed by atoms with Crippen LogP contribution in [0.5, 0.6) is 5.75 Å². The van der Waals surface area contributed by atoms with Crippen molar-refractivity contribution in [2.24, 2.45) is 0 Å².